The van der Waals surface area contributed by atoms with Gasteiger partial charge in [-0.25, -0.2) is 0 Å². The van der Waals surface area contributed by atoms with Gasteiger partial charge in [-0.3, -0.25) is 19.2 Å². The van der Waals surface area contributed by atoms with Crippen LogP contribution in [0.1, 0.15) is 168 Å². The van der Waals surface area contributed by atoms with Crippen molar-refractivity contribution in [3.05, 3.63) is 4.91 Å². The topological polar surface area (TPSA) is 140 Å². The maximum absolute atomic E-state index is 13.1. The van der Waals surface area contributed by atoms with Crippen LogP contribution in [0, 0.1) is 4.91 Å². The quantitative estimate of drug-likeness (QED) is 0.0434. The molecule has 45 heavy (non-hydrogen) atoms. The molecule has 10 heteroatoms. The van der Waals surface area contributed by atoms with Gasteiger partial charge in [-0.05, 0) is 32.1 Å². The van der Waals surface area contributed by atoms with Crippen molar-refractivity contribution in [2.24, 2.45) is 5.18 Å². The Labute approximate surface area is 273 Å². The highest BCUT2D eigenvalue weighted by Crippen LogP contribution is 2.15. The monoisotopic (exact) mass is 639 g/mol. The molecular weight excluding hydrogens is 574 g/mol. The van der Waals surface area contributed by atoms with Gasteiger partial charge in [-0.1, -0.05) is 129 Å². The third-order valence-electron chi connectivity index (χ3n) is 7.77. The van der Waals surface area contributed by atoms with Crippen molar-refractivity contribution < 1.29 is 28.7 Å². The van der Waals surface area contributed by atoms with Gasteiger partial charge in [-0.2, -0.15) is 4.91 Å². The number of carbonyl (C=O) groups is 4. The van der Waals surface area contributed by atoms with E-state index >= 15 is 0 Å². The van der Waals surface area contributed by atoms with Crippen molar-refractivity contribution in [3.63, 3.8) is 0 Å². The van der Waals surface area contributed by atoms with Crippen LogP contribution in [0.4, 0.5) is 0 Å². The number of esters is 2. The molecule has 0 saturated heterocycles. The van der Waals surface area contributed by atoms with Gasteiger partial charge in [0.15, 0.2) is 0 Å². The van der Waals surface area contributed by atoms with E-state index in [2.05, 4.69) is 22.7 Å². The lowest BCUT2D eigenvalue weighted by Crippen LogP contribution is -2.53. The number of amides is 2. The number of hydrogen-bond donors (Lipinski definition) is 2. The van der Waals surface area contributed by atoms with Gasteiger partial charge in [0, 0.05) is 25.9 Å². The largest absolute Gasteiger partial charge is 0.448 e. The number of rotatable bonds is 32. The first kappa shape index (κ1) is 42.5. The Hall–Kier alpha value is -2.52. The fraction of sp³-hybridized carbons (Fsp3) is 0.886. The summed E-state index contributed by atoms with van der Waals surface area (Å²) in [6.07, 6.45) is 18.5. The zero-order valence-corrected chi connectivity index (χ0v) is 28.8. The van der Waals surface area contributed by atoms with Gasteiger partial charge in [-0.15, -0.1) is 0 Å². The first-order valence-electron chi connectivity index (χ1n) is 18.1. The molecule has 0 saturated carbocycles. The minimum atomic E-state index is -1.55. The van der Waals surface area contributed by atoms with Crippen LogP contribution >= 0.6 is 0 Å². The summed E-state index contributed by atoms with van der Waals surface area (Å²) in [5.74, 6) is -2.44. The predicted octanol–water partition coefficient (Wildman–Crippen LogP) is 7.84. The normalized spacial score (nSPS) is 12.2. The van der Waals surface area contributed by atoms with Gasteiger partial charge in [0.25, 0.3) is 11.8 Å². The molecule has 0 aliphatic rings. The average molecular weight is 640 g/mol. The molecule has 2 amide bonds. The number of nitrogens with zero attached hydrogens (tertiary/aromatic N) is 1. The van der Waals surface area contributed by atoms with Crippen molar-refractivity contribution in [1.29, 1.82) is 0 Å². The summed E-state index contributed by atoms with van der Waals surface area (Å²) in [4.78, 5) is 61.8. The molecule has 0 aromatic heterocycles. The first-order valence-corrected chi connectivity index (χ1v) is 18.1. The van der Waals surface area contributed by atoms with E-state index in [0.717, 1.165) is 70.6 Å². The number of nitroso groups, excluding NO2 is 1. The highest BCUT2D eigenvalue weighted by Gasteiger charge is 2.39. The second-order valence-corrected chi connectivity index (χ2v) is 12.1. The molecular formula is C35H65N3O7. The lowest BCUT2D eigenvalue weighted by atomic mass is 10.1. The number of ether oxygens (including phenoxy) is 2. The maximum atomic E-state index is 13.1. The van der Waals surface area contributed by atoms with E-state index in [1.165, 1.54) is 38.5 Å². The maximum Gasteiger partial charge on any atom is 0.306 e. The van der Waals surface area contributed by atoms with E-state index < -0.39 is 36.0 Å². The Balaban J connectivity index is 4.87. The molecule has 262 valence electrons. The second kappa shape index (κ2) is 31.5. The SMILES string of the molecule is CCCCCCCCCCCCC(=O)O[C@@H](C(=O)NCCC)[C@@H](OC(=O)CCCCCCCCCCCN=O)C(=O)NCCC. The van der Waals surface area contributed by atoms with E-state index in [0.29, 0.717) is 45.3 Å². The summed E-state index contributed by atoms with van der Waals surface area (Å²) in [6.45, 7) is 7.08. The lowest BCUT2D eigenvalue weighted by Gasteiger charge is -2.25. The Kier molecular flexibility index (Phi) is 29.7. The van der Waals surface area contributed by atoms with Gasteiger partial charge >= 0.3 is 11.9 Å². The molecule has 2 atom stereocenters. The summed E-state index contributed by atoms with van der Waals surface area (Å²) in [5.41, 5.74) is 0. The van der Waals surface area contributed by atoms with Crippen LogP contribution < -0.4 is 10.6 Å². The number of unbranched alkanes of at least 4 members (excludes halogenated alkanes) is 17. The summed E-state index contributed by atoms with van der Waals surface area (Å²) in [5, 5.41) is 8.27. The summed E-state index contributed by atoms with van der Waals surface area (Å²) < 4.78 is 11.1. The van der Waals surface area contributed by atoms with Gasteiger partial charge < -0.3 is 20.1 Å². The third-order valence-corrected chi connectivity index (χ3v) is 7.77. The molecule has 0 radical (unpaired) electrons. The van der Waals surface area contributed by atoms with Crippen molar-refractivity contribution in [1.82, 2.24) is 10.6 Å². The van der Waals surface area contributed by atoms with Crippen LogP contribution in [0.5, 0.6) is 0 Å². The Morgan fingerprint density at radius 1 is 0.489 bits per heavy atom. The van der Waals surface area contributed by atoms with Gasteiger partial charge in [0.1, 0.15) is 0 Å². The summed E-state index contributed by atoms with van der Waals surface area (Å²) in [7, 11) is 0. The fourth-order valence-electron chi connectivity index (χ4n) is 5.04. The molecule has 2 N–H and O–H groups in total. The fourth-order valence-corrected chi connectivity index (χ4v) is 5.04. The number of nitrogens with one attached hydrogen (secondary N) is 2. The van der Waals surface area contributed by atoms with Crippen molar-refractivity contribution >= 4 is 23.8 Å². The highest BCUT2D eigenvalue weighted by atomic mass is 16.6. The molecule has 0 spiro atoms. The molecule has 10 nitrogen and oxygen atoms in total. The second-order valence-electron chi connectivity index (χ2n) is 12.1. The molecule has 0 aliphatic carbocycles. The standard InChI is InChI=1S/C35H65N3O7/c1-4-7-8-9-10-11-13-16-19-22-25-30(39)44-32(34(41)36-27-5-2)33(35(42)37-28-6-3)45-31(40)26-23-20-17-14-12-15-18-21-24-29-38-43/h32-33H,4-29H2,1-3H3,(H,36,41)(H,37,42)/t32-,33-/m1/s1. The van der Waals surface area contributed by atoms with E-state index in [1.807, 2.05) is 13.8 Å². The highest BCUT2D eigenvalue weighted by molar-refractivity contribution is 5.93. The molecule has 0 aliphatic heterocycles. The first-order chi connectivity index (χ1) is 21.9. The lowest BCUT2D eigenvalue weighted by molar-refractivity contribution is -0.176. The molecule has 0 fully saturated rings. The Morgan fingerprint density at radius 3 is 1.16 bits per heavy atom. The van der Waals surface area contributed by atoms with Crippen LogP contribution in [0.15, 0.2) is 5.18 Å². The molecule has 0 aromatic rings. The van der Waals surface area contributed by atoms with E-state index in [1.54, 1.807) is 0 Å². The van der Waals surface area contributed by atoms with E-state index in [4.69, 9.17) is 9.47 Å². The van der Waals surface area contributed by atoms with Crippen LogP contribution in [-0.2, 0) is 28.7 Å². The molecule has 0 bridgehead atoms. The Bertz CT molecular complexity index is 778. The predicted molar refractivity (Wildman–Crippen MR) is 180 cm³/mol. The van der Waals surface area contributed by atoms with Crippen molar-refractivity contribution in [3.8, 4) is 0 Å². The minimum Gasteiger partial charge on any atom is -0.448 e. The smallest absolute Gasteiger partial charge is 0.306 e. The van der Waals surface area contributed by atoms with E-state index in [-0.39, 0.29) is 12.8 Å². The molecule has 0 aromatic carbocycles. The van der Waals surface area contributed by atoms with Crippen molar-refractivity contribution in [2.75, 3.05) is 19.6 Å². The van der Waals surface area contributed by atoms with Crippen LogP contribution in [0.2, 0.25) is 0 Å². The third kappa shape index (κ3) is 25.4. The van der Waals surface area contributed by atoms with Crippen LogP contribution in [0.25, 0.3) is 0 Å². The number of carbonyl (C=O) groups excluding carboxylic acids is 4. The van der Waals surface area contributed by atoms with Gasteiger partial charge in [0.05, 0.1) is 6.54 Å². The van der Waals surface area contributed by atoms with E-state index in [9.17, 15) is 24.1 Å². The molecule has 0 rings (SSSR count). The molecule has 0 unspecified atom stereocenters. The zero-order chi connectivity index (χ0) is 33.4. The van der Waals surface area contributed by atoms with Crippen molar-refractivity contribution in [2.45, 2.75) is 181 Å². The Morgan fingerprint density at radius 2 is 0.822 bits per heavy atom. The molecule has 0 heterocycles. The minimum absolute atomic E-state index is 0.117. The van der Waals surface area contributed by atoms with Crippen LogP contribution in [0.3, 0.4) is 0 Å². The summed E-state index contributed by atoms with van der Waals surface area (Å²) >= 11 is 0. The average Bonchev–Trinajstić information content (AvgIpc) is 3.03. The summed E-state index contributed by atoms with van der Waals surface area (Å²) in [6, 6.07) is 0. The van der Waals surface area contributed by atoms with Gasteiger partial charge in [0.2, 0.25) is 12.2 Å². The van der Waals surface area contributed by atoms with Crippen LogP contribution in [-0.4, -0.2) is 55.6 Å². The zero-order valence-electron chi connectivity index (χ0n) is 28.8. The number of hydrogen-bond acceptors (Lipinski definition) is 8.